The Morgan fingerprint density at radius 3 is 1.90 bits per heavy atom. The topological polar surface area (TPSA) is 0 Å². The van der Waals surface area contributed by atoms with Crippen LogP contribution in [-0.4, -0.2) is 4.75 Å². The maximum Gasteiger partial charge on any atom is 0.0472 e. The van der Waals surface area contributed by atoms with Gasteiger partial charge >= 0.3 is 0 Å². The van der Waals surface area contributed by atoms with Crippen molar-refractivity contribution in [3.63, 3.8) is 0 Å². The number of benzene rings is 1. The van der Waals surface area contributed by atoms with Gasteiger partial charge in [0.1, 0.15) is 0 Å². The zero-order chi connectivity index (χ0) is 16.5. The van der Waals surface area contributed by atoms with Crippen molar-refractivity contribution in [2.45, 2.75) is 39.4 Å². The predicted octanol–water partition coefficient (Wildman–Crippen LogP) is 4.84. The molecule has 0 saturated carbocycles. The summed E-state index contributed by atoms with van der Waals surface area (Å²) in [5.41, 5.74) is 2.22. The highest BCUT2D eigenvalue weighted by Gasteiger charge is 2.12. The van der Waals surface area contributed by atoms with Crippen LogP contribution in [-0.2, 0) is 0 Å². The molecule has 0 nitrogen and oxygen atoms in total. The van der Waals surface area contributed by atoms with Crippen LogP contribution in [0.4, 0.5) is 0 Å². The standard InChI is InChI=1S/C16H16S.2C2H6/c1-4-12-9-14-7-6-8-16(3,17)11-15(14)10-13(12)5-2;2*1-2/h4-11,17H,1-2H2,3H3;2*1-2H3. The molecule has 1 aliphatic rings. The lowest BCUT2D eigenvalue weighted by atomic mass is 10.0. The molecule has 1 aromatic carbocycles. The molecule has 1 aromatic rings. The smallest absolute Gasteiger partial charge is 0.0472 e. The SMILES string of the molecule is C=Cc1cc2c(cc1C=C)=CC(C)(S)C=CC=2.CC.CC. The summed E-state index contributed by atoms with van der Waals surface area (Å²) >= 11 is 4.62. The quantitative estimate of drug-likeness (QED) is 0.742. The van der Waals surface area contributed by atoms with Gasteiger partial charge in [-0.1, -0.05) is 77.3 Å². The maximum absolute atomic E-state index is 4.62. The minimum atomic E-state index is -0.212. The first kappa shape index (κ1) is 19.5. The first-order valence-corrected chi connectivity index (χ1v) is 8.04. The summed E-state index contributed by atoms with van der Waals surface area (Å²) in [7, 11) is 0. The number of fused-ring (bicyclic) bond motifs is 1. The van der Waals surface area contributed by atoms with E-state index in [1.807, 2.05) is 39.8 Å². The van der Waals surface area contributed by atoms with Crippen LogP contribution in [0.3, 0.4) is 0 Å². The second kappa shape index (κ2) is 9.46. The zero-order valence-electron chi connectivity index (χ0n) is 14.0. The first-order valence-electron chi connectivity index (χ1n) is 7.59. The molecule has 0 heterocycles. The molecule has 0 aliphatic heterocycles. The number of hydrogen-bond donors (Lipinski definition) is 1. The number of allylic oxidation sites excluding steroid dienone is 1. The molecule has 1 aliphatic carbocycles. The normalized spacial score (nSPS) is 18.2. The zero-order valence-corrected chi connectivity index (χ0v) is 14.9. The third-order valence-corrected chi connectivity index (χ3v) is 3.16. The lowest BCUT2D eigenvalue weighted by Gasteiger charge is -2.12. The van der Waals surface area contributed by atoms with Crippen molar-refractivity contribution < 1.29 is 0 Å². The number of thiol groups is 1. The number of hydrogen-bond acceptors (Lipinski definition) is 1. The van der Waals surface area contributed by atoms with Gasteiger partial charge < -0.3 is 0 Å². The van der Waals surface area contributed by atoms with Gasteiger partial charge in [0.2, 0.25) is 0 Å². The van der Waals surface area contributed by atoms with Gasteiger partial charge in [0.05, 0.1) is 0 Å². The Morgan fingerprint density at radius 1 is 0.952 bits per heavy atom. The molecule has 0 aromatic heterocycles. The lowest BCUT2D eigenvalue weighted by Crippen LogP contribution is -2.27. The molecule has 1 unspecified atom stereocenters. The summed E-state index contributed by atoms with van der Waals surface area (Å²) in [6, 6.07) is 4.27. The van der Waals surface area contributed by atoms with Gasteiger partial charge in [-0.25, -0.2) is 0 Å². The highest BCUT2D eigenvalue weighted by molar-refractivity contribution is 7.82. The van der Waals surface area contributed by atoms with Gasteiger partial charge in [-0.15, -0.1) is 0 Å². The van der Waals surface area contributed by atoms with Crippen LogP contribution in [0.2, 0.25) is 0 Å². The molecule has 1 atom stereocenters. The summed E-state index contributed by atoms with van der Waals surface area (Å²) in [5.74, 6) is 0. The third-order valence-electron chi connectivity index (χ3n) is 2.89. The van der Waals surface area contributed by atoms with Gasteiger partial charge in [-0.3, -0.25) is 0 Å². The van der Waals surface area contributed by atoms with E-state index in [0.717, 1.165) is 11.1 Å². The van der Waals surface area contributed by atoms with Crippen LogP contribution in [0.5, 0.6) is 0 Å². The van der Waals surface area contributed by atoms with Crippen LogP contribution in [0, 0.1) is 0 Å². The van der Waals surface area contributed by atoms with Crippen LogP contribution in [0.25, 0.3) is 24.3 Å². The summed E-state index contributed by atoms with van der Waals surface area (Å²) in [4.78, 5) is 0. The average Bonchev–Trinajstić information content (AvgIpc) is 2.66. The molecule has 0 amide bonds. The summed E-state index contributed by atoms with van der Waals surface area (Å²) in [5, 5.41) is 2.38. The predicted molar refractivity (Wildman–Crippen MR) is 104 cm³/mol. The van der Waals surface area contributed by atoms with E-state index in [0.29, 0.717) is 0 Å². The molecule has 0 radical (unpaired) electrons. The van der Waals surface area contributed by atoms with Crippen molar-refractivity contribution >= 4 is 36.9 Å². The molecule has 0 saturated heterocycles. The van der Waals surface area contributed by atoms with Gasteiger partial charge in [-0.2, -0.15) is 12.6 Å². The summed E-state index contributed by atoms with van der Waals surface area (Å²) in [6.07, 6.45) is 12.1. The average molecular weight is 301 g/mol. The molecule has 2 rings (SSSR count). The molecule has 0 fully saturated rings. The van der Waals surface area contributed by atoms with Gasteiger partial charge in [0, 0.05) is 4.75 Å². The van der Waals surface area contributed by atoms with E-state index < -0.39 is 0 Å². The maximum atomic E-state index is 4.62. The number of rotatable bonds is 2. The van der Waals surface area contributed by atoms with Crippen LogP contribution in [0.1, 0.15) is 45.7 Å². The summed E-state index contributed by atoms with van der Waals surface area (Å²) in [6.45, 7) is 17.8. The Morgan fingerprint density at radius 2 is 1.43 bits per heavy atom. The Kier molecular flexibility index (Phi) is 8.80. The van der Waals surface area contributed by atoms with Crippen LogP contribution >= 0.6 is 12.6 Å². The molecule has 0 N–H and O–H groups in total. The van der Waals surface area contributed by atoms with Gasteiger partial charge in [-0.05, 0) is 40.6 Å². The molecule has 21 heavy (non-hydrogen) atoms. The highest BCUT2D eigenvalue weighted by atomic mass is 32.1. The van der Waals surface area contributed by atoms with E-state index in [1.165, 1.54) is 10.4 Å². The second-order valence-corrected chi connectivity index (χ2v) is 5.38. The fourth-order valence-corrected chi connectivity index (χ4v) is 2.23. The van der Waals surface area contributed by atoms with Crippen LogP contribution < -0.4 is 10.4 Å². The van der Waals surface area contributed by atoms with E-state index in [-0.39, 0.29) is 4.75 Å². The fourth-order valence-electron chi connectivity index (χ4n) is 2.00. The van der Waals surface area contributed by atoms with Crippen molar-refractivity contribution in [3.8, 4) is 0 Å². The molecule has 114 valence electrons. The minimum Gasteiger partial charge on any atom is -0.164 e. The van der Waals surface area contributed by atoms with Gasteiger partial charge in [0.15, 0.2) is 0 Å². The molecule has 0 bridgehead atoms. The summed E-state index contributed by atoms with van der Waals surface area (Å²) < 4.78 is -0.212. The largest absolute Gasteiger partial charge is 0.164 e. The van der Waals surface area contributed by atoms with E-state index >= 15 is 0 Å². The second-order valence-electron chi connectivity index (χ2n) is 4.41. The minimum absolute atomic E-state index is 0.212. The van der Waals surface area contributed by atoms with E-state index in [2.05, 4.69) is 69.1 Å². The Bertz CT molecular complexity index is 616. The first-order chi connectivity index (χ1) is 10.1. The van der Waals surface area contributed by atoms with Crippen molar-refractivity contribution in [1.29, 1.82) is 0 Å². The fraction of sp³-hybridized carbons (Fsp3) is 0.300. The third kappa shape index (κ3) is 5.43. The lowest BCUT2D eigenvalue weighted by molar-refractivity contribution is 1.08. The Labute approximate surface area is 135 Å². The molecular formula is C20H28S. The van der Waals surface area contributed by atoms with E-state index in [9.17, 15) is 0 Å². The van der Waals surface area contributed by atoms with Crippen molar-refractivity contribution in [2.24, 2.45) is 0 Å². The van der Waals surface area contributed by atoms with Gasteiger partial charge in [0.25, 0.3) is 0 Å². The van der Waals surface area contributed by atoms with Crippen molar-refractivity contribution in [3.05, 3.63) is 59.0 Å². The highest BCUT2D eigenvalue weighted by Crippen LogP contribution is 2.18. The van der Waals surface area contributed by atoms with E-state index in [4.69, 9.17) is 0 Å². The van der Waals surface area contributed by atoms with Crippen molar-refractivity contribution in [2.75, 3.05) is 0 Å². The Balaban J connectivity index is 0.000000921. The monoisotopic (exact) mass is 300 g/mol. The van der Waals surface area contributed by atoms with Crippen LogP contribution in [0.15, 0.2) is 37.4 Å². The van der Waals surface area contributed by atoms with E-state index in [1.54, 1.807) is 0 Å². The molecule has 0 spiro atoms. The van der Waals surface area contributed by atoms with Crippen molar-refractivity contribution in [1.82, 2.24) is 0 Å². The molecular weight excluding hydrogens is 272 g/mol. The molecule has 1 heteroatoms. The Hall–Kier alpha value is -1.47.